The summed E-state index contributed by atoms with van der Waals surface area (Å²) >= 11 is 0. The van der Waals surface area contributed by atoms with Crippen molar-refractivity contribution < 1.29 is 4.90 Å². The van der Waals surface area contributed by atoms with Crippen LogP contribution < -0.4 is 4.90 Å². The van der Waals surface area contributed by atoms with Crippen LogP contribution in [0.1, 0.15) is 27.7 Å². The van der Waals surface area contributed by atoms with Gasteiger partial charge in [0.25, 0.3) is 0 Å². The minimum Gasteiger partial charge on any atom is -0.333 e. The number of quaternary nitrogens is 1. The first-order chi connectivity index (χ1) is 5.54. The molecule has 1 aliphatic heterocycles. The Labute approximate surface area is 76.5 Å². The first kappa shape index (κ1) is 10.0. The van der Waals surface area contributed by atoms with Crippen molar-refractivity contribution in [1.29, 1.82) is 0 Å². The van der Waals surface area contributed by atoms with Crippen molar-refractivity contribution in [2.75, 3.05) is 32.7 Å². The molecular formula is C10H23N2+. The van der Waals surface area contributed by atoms with Crippen LogP contribution in [-0.4, -0.2) is 43.2 Å². The minimum atomic E-state index is 0.374. The van der Waals surface area contributed by atoms with E-state index in [1.807, 2.05) is 0 Å². The van der Waals surface area contributed by atoms with Crippen LogP contribution in [0, 0.1) is 0 Å². The molecule has 1 heterocycles. The zero-order chi connectivity index (χ0) is 9.19. The second-order valence-electron chi connectivity index (χ2n) is 4.76. The van der Waals surface area contributed by atoms with E-state index in [9.17, 15) is 0 Å². The standard InChI is InChI=1S/C10H22N2/c1-5-11-6-8-12(9-7-11)10(2,3)4/h5-9H2,1-4H3/p+1. The van der Waals surface area contributed by atoms with Crippen molar-refractivity contribution >= 4 is 0 Å². The van der Waals surface area contributed by atoms with Crippen molar-refractivity contribution in [1.82, 2.24) is 4.90 Å². The Bertz CT molecular complexity index is 129. The van der Waals surface area contributed by atoms with Crippen LogP contribution in [-0.2, 0) is 0 Å². The maximum Gasteiger partial charge on any atom is 0.0900 e. The summed E-state index contributed by atoms with van der Waals surface area (Å²) in [5.74, 6) is 0. The van der Waals surface area contributed by atoms with Gasteiger partial charge in [-0.3, -0.25) is 4.90 Å². The number of nitrogens with zero attached hydrogens (tertiary/aromatic N) is 1. The van der Waals surface area contributed by atoms with Gasteiger partial charge in [-0.1, -0.05) is 0 Å². The van der Waals surface area contributed by atoms with E-state index in [-0.39, 0.29) is 0 Å². The monoisotopic (exact) mass is 171 g/mol. The highest BCUT2D eigenvalue weighted by Crippen LogP contribution is 2.11. The van der Waals surface area contributed by atoms with E-state index >= 15 is 0 Å². The van der Waals surface area contributed by atoms with Crippen molar-refractivity contribution in [2.45, 2.75) is 33.2 Å². The molecule has 2 nitrogen and oxygen atoms in total. The Balaban J connectivity index is 2.36. The molecule has 0 spiro atoms. The smallest absolute Gasteiger partial charge is 0.0900 e. The molecule has 1 fully saturated rings. The number of nitrogens with one attached hydrogen (secondary N) is 1. The fraction of sp³-hybridized carbons (Fsp3) is 1.00. The van der Waals surface area contributed by atoms with E-state index in [1.165, 1.54) is 32.7 Å². The Hall–Kier alpha value is -0.0800. The second-order valence-corrected chi connectivity index (χ2v) is 4.76. The van der Waals surface area contributed by atoms with E-state index in [2.05, 4.69) is 32.6 Å². The summed E-state index contributed by atoms with van der Waals surface area (Å²) < 4.78 is 0. The largest absolute Gasteiger partial charge is 0.333 e. The van der Waals surface area contributed by atoms with Crippen molar-refractivity contribution in [2.24, 2.45) is 0 Å². The highest BCUT2D eigenvalue weighted by Gasteiger charge is 2.26. The number of rotatable bonds is 1. The zero-order valence-corrected chi connectivity index (χ0v) is 8.98. The summed E-state index contributed by atoms with van der Waals surface area (Å²) in [6, 6.07) is 0. The van der Waals surface area contributed by atoms with E-state index in [4.69, 9.17) is 0 Å². The number of likely N-dealkylation sites (N-methyl/N-ethyl adjacent to an activating group) is 1. The molecular weight excluding hydrogens is 148 g/mol. The van der Waals surface area contributed by atoms with Crippen LogP contribution in [0.3, 0.4) is 0 Å². The van der Waals surface area contributed by atoms with Gasteiger partial charge in [0, 0.05) is 18.6 Å². The Morgan fingerprint density at radius 3 is 2.00 bits per heavy atom. The second kappa shape index (κ2) is 3.75. The van der Waals surface area contributed by atoms with Gasteiger partial charge in [0.1, 0.15) is 0 Å². The quantitative estimate of drug-likeness (QED) is 0.584. The molecule has 1 aliphatic rings. The third-order valence-corrected chi connectivity index (χ3v) is 2.92. The van der Waals surface area contributed by atoms with Gasteiger partial charge in [-0.25, -0.2) is 0 Å². The molecule has 72 valence electrons. The van der Waals surface area contributed by atoms with Crippen LogP contribution in [0.25, 0.3) is 0 Å². The number of piperazine rings is 1. The molecule has 0 aromatic heterocycles. The van der Waals surface area contributed by atoms with Crippen LogP contribution in [0.2, 0.25) is 0 Å². The predicted molar refractivity (Wildman–Crippen MR) is 52.6 cm³/mol. The molecule has 0 bridgehead atoms. The Morgan fingerprint density at radius 2 is 1.67 bits per heavy atom. The molecule has 0 aromatic rings. The molecule has 0 atom stereocenters. The predicted octanol–water partition coefficient (Wildman–Crippen LogP) is 0.00530. The molecule has 1 N–H and O–H groups in total. The molecule has 0 aromatic carbocycles. The van der Waals surface area contributed by atoms with Gasteiger partial charge < -0.3 is 4.90 Å². The molecule has 0 radical (unpaired) electrons. The summed E-state index contributed by atoms with van der Waals surface area (Å²) in [5, 5.41) is 0. The lowest BCUT2D eigenvalue weighted by Gasteiger charge is -2.40. The third kappa shape index (κ3) is 2.46. The van der Waals surface area contributed by atoms with Gasteiger partial charge in [0.15, 0.2) is 0 Å². The molecule has 1 rings (SSSR count). The van der Waals surface area contributed by atoms with Gasteiger partial charge in [-0.2, -0.15) is 0 Å². The fourth-order valence-electron chi connectivity index (χ4n) is 1.85. The van der Waals surface area contributed by atoms with E-state index in [0.717, 1.165) is 0 Å². The maximum absolute atomic E-state index is 2.59. The van der Waals surface area contributed by atoms with E-state index < -0.39 is 0 Å². The molecule has 1 saturated heterocycles. The topological polar surface area (TPSA) is 7.68 Å². The van der Waals surface area contributed by atoms with Gasteiger partial charge in [-0.15, -0.1) is 0 Å². The molecule has 2 heteroatoms. The Morgan fingerprint density at radius 1 is 1.17 bits per heavy atom. The molecule has 0 unspecified atom stereocenters. The van der Waals surface area contributed by atoms with E-state index in [0.29, 0.717) is 5.54 Å². The van der Waals surface area contributed by atoms with Gasteiger partial charge >= 0.3 is 0 Å². The normalized spacial score (nSPS) is 23.0. The Kier molecular flexibility index (Phi) is 3.13. The molecule has 0 amide bonds. The average Bonchev–Trinajstić information content (AvgIpc) is 2.03. The fourth-order valence-corrected chi connectivity index (χ4v) is 1.85. The lowest BCUT2D eigenvalue weighted by molar-refractivity contribution is -0.903. The maximum atomic E-state index is 2.59. The van der Waals surface area contributed by atoms with Crippen molar-refractivity contribution in [3.63, 3.8) is 0 Å². The summed E-state index contributed by atoms with van der Waals surface area (Å²) in [6.45, 7) is 15.7. The minimum absolute atomic E-state index is 0.374. The average molecular weight is 171 g/mol. The van der Waals surface area contributed by atoms with Crippen molar-refractivity contribution in [3.05, 3.63) is 0 Å². The molecule has 12 heavy (non-hydrogen) atoms. The van der Waals surface area contributed by atoms with Crippen molar-refractivity contribution in [3.8, 4) is 0 Å². The number of hydrogen-bond acceptors (Lipinski definition) is 1. The lowest BCUT2D eigenvalue weighted by Crippen LogP contribution is -3.14. The first-order valence-electron chi connectivity index (χ1n) is 5.12. The summed E-state index contributed by atoms with van der Waals surface area (Å²) in [6.07, 6.45) is 0. The zero-order valence-electron chi connectivity index (χ0n) is 8.98. The van der Waals surface area contributed by atoms with Gasteiger partial charge in [-0.05, 0) is 27.7 Å². The number of hydrogen-bond donors (Lipinski definition) is 1. The first-order valence-corrected chi connectivity index (χ1v) is 5.12. The highest BCUT2D eigenvalue weighted by molar-refractivity contribution is 4.76. The molecule has 0 aliphatic carbocycles. The van der Waals surface area contributed by atoms with Crippen LogP contribution in [0.4, 0.5) is 0 Å². The SMILES string of the molecule is CC[NH+]1CCN(C(C)(C)C)CC1. The van der Waals surface area contributed by atoms with Crippen LogP contribution in [0.15, 0.2) is 0 Å². The van der Waals surface area contributed by atoms with E-state index in [1.54, 1.807) is 4.90 Å². The lowest BCUT2D eigenvalue weighted by atomic mass is 10.1. The van der Waals surface area contributed by atoms with Gasteiger partial charge in [0.2, 0.25) is 0 Å². The summed E-state index contributed by atoms with van der Waals surface area (Å²) in [4.78, 5) is 4.35. The highest BCUT2D eigenvalue weighted by atomic mass is 15.3. The summed E-state index contributed by atoms with van der Waals surface area (Å²) in [7, 11) is 0. The third-order valence-electron chi connectivity index (χ3n) is 2.92. The van der Waals surface area contributed by atoms with Gasteiger partial charge in [0.05, 0.1) is 19.6 Å². The molecule has 0 saturated carbocycles. The van der Waals surface area contributed by atoms with Crippen LogP contribution in [0.5, 0.6) is 0 Å². The summed E-state index contributed by atoms with van der Waals surface area (Å²) in [5.41, 5.74) is 0.374. The van der Waals surface area contributed by atoms with Crippen LogP contribution >= 0.6 is 0 Å².